The number of imide groups is 1. The summed E-state index contributed by atoms with van der Waals surface area (Å²) < 4.78 is 15.2. The number of likely N-dealkylation sites (tertiary alicyclic amines) is 1. The third-order valence-corrected chi connectivity index (χ3v) is 5.36. The van der Waals surface area contributed by atoms with Crippen molar-refractivity contribution in [2.24, 2.45) is 0 Å². The minimum atomic E-state index is -0.338. The molecular weight excluding hydrogens is 379 g/mol. The van der Waals surface area contributed by atoms with Gasteiger partial charge in [-0.1, -0.05) is 42.1 Å². The van der Waals surface area contributed by atoms with Crippen LogP contribution >= 0.6 is 11.8 Å². The maximum atomic E-state index is 13.4. The van der Waals surface area contributed by atoms with E-state index in [0.717, 1.165) is 5.56 Å². The van der Waals surface area contributed by atoms with E-state index < -0.39 is 0 Å². The quantitative estimate of drug-likeness (QED) is 0.619. The molecule has 142 valence electrons. The SMILES string of the molecule is O=C1CCCN1C(=O)CSc1nnc(-c2ccccc2)n1-c1ccc(F)cc1. The number of hydrogen-bond acceptors (Lipinski definition) is 5. The summed E-state index contributed by atoms with van der Waals surface area (Å²) in [5.41, 5.74) is 1.55. The molecule has 0 spiro atoms. The van der Waals surface area contributed by atoms with Gasteiger partial charge >= 0.3 is 0 Å². The molecule has 1 aromatic heterocycles. The standard InChI is InChI=1S/C20H17FN4O2S/c21-15-8-10-16(11-9-15)25-19(14-5-2-1-3-6-14)22-23-20(25)28-13-18(27)24-12-4-7-17(24)26/h1-3,5-6,8-11H,4,7,12-13H2. The van der Waals surface area contributed by atoms with Gasteiger partial charge in [0, 0.05) is 24.2 Å². The number of carbonyl (C=O) groups excluding carboxylic acids is 2. The second-order valence-corrected chi connectivity index (χ2v) is 7.26. The summed E-state index contributed by atoms with van der Waals surface area (Å²) in [6.07, 6.45) is 1.12. The maximum absolute atomic E-state index is 13.4. The summed E-state index contributed by atoms with van der Waals surface area (Å²) in [5.74, 6) is -0.0211. The molecule has 8 heteroatoms. The van der Waals surface area contributed by atoms with E-state index in [1.807, 2.05) is 30.3 Å². The highest BCUT2D eigenvalue weighted by Gasteiger charge is 2.27. The Bertz CT molecular complexity index is 1000. The molecule has 3 aromatic rings. The van der Waals surface area contributed by atoms with E-state index in [2.05, 4.69) is 10.2 Å². The highest BCUT2D eigenvalue weighted by molar-refractivity contribution is 7.99. The first kappa shape index (κ1) is 18.4. The van der Waals surface area contributed by atoms with Gasteiger partial charge in [-0.2, -0.15) is 0 Å². The summed E-state index contributed by atoms with van der Waals surface area (Å²) in [6, 6.07) is 15.5. The lowest BCUT2D eigenvalue weighted by molar-refractivity contribution is -0.140. The largest absolute Gasteiger partial charge is 0.282 e. The molecule has 0 saturated carbocycles. The minimum absolute atomic E-state index is 0.0832. The van der Waals surface area contributed by atoms with Crippen molar-refractivity contribution in [2.75, 3.05) is 12.3 Å². The molecule has 0 aliphatic carbocycles. The Morgan fingerprint density at radius 3 is 2.50 bits per heavy atom. The van der Waals surface area contributed by atoms with E-state index >= 15 is 0 Å². The lowest BCUT2D eigenvalue weighted by atomic mass is 10.2. The Hall–Kier alpha value is -3.00. The Kier molecular flexibility index (Phi) is 5.21. The van der Waals surface area contributed by atoms with Crippen molar-refractivity contribution in [1.29, 1.82) is 0 Å². The Morgan fingerprint density at radius 1 is 1.07 bits per heavy atom. The molecule has 2 heterocycles. The lowest BCUT2D eigenvalue weighted by Crippen LogP contribution is -2.33. The van der Waals surface area contributed by atoms with Crippen LogP contribution < -0.4 is 0 Å². The van der Waals surface area contributed by atoms with Crippen LogP contribution in [0, 0.1) is 5.82 Å². The summed E-state index contributed by atoms with van der Waals surface area (Å²) in [5, 5.41) is 9.02. The Balaban J connectivity index is 1.65. The predicted octanol–water partition coefficient (Wildman–Crippen LogP) is 3.31. The summed E-state index contributed by atoms with van der Waals surface area (Å²) in [6.45, 7) is 0.470. The van der Waals surface area contributed by atoms with Crippen molar-refractivity contribution >= 4 is 23.6 Å². The monoisotopic (exact) mass is 396 g/mol. The molecule has 2 amide bonds. The van der Waals surface area contributed by atoms with Gasteiger partial charge in [-0.15, -0.1) is 10.2 Å². The van der Waals surface area contributed by atoms with E-state index in [9.17, 15) is 14.0 Å². The lowest BCUT2D eigenvalue weighted by Gasteiger charge is -2.14. The average molecular weight is 396 g/mol. The zero-order valence-corrected chi connectivity index (χ0v) is 15.7. The van der Waals surface area contributed by atoms with E-state index in [-0.39, 0.29) is 23.4 Å². The number of hydrogen-bond donors (Lipinski definition) is 0. The van der Waals surface area contributed by atoms with Crippen molar-refractivity contribution in [1.82, 2.24) is 19.7 Å². The second-order valence-electron chi connectivity index (χ2n) is 6.32. The molecule has 0 unspecified atom stereocenters. The molecule has 1 aliphatic rings. The number of benzene rings is 2. The van der Waals surface area contributed by atoms with Gasteiger partial charge in [0.15, 0.2) is 11.0 Å². The molecule has 0 radical (unpaired) electrons. The van der Waals surface area contributed by atoms with Crippen LogP contribution in [0.25, 0.3) is 17.1 Å². The molecule has 0 atom stereocenters. The first-order valence-electron chi connectivity index (χ1n) is 8.86. The molecule has 0 N–H and O–H groups in total. The first-order chi connectivity index (χ1) is 13.6. The number of rotatable bonds is 5. The van der Waals surface area contributed by atoms with Crippen molar-refractivity contribution in [3.8, 4) is 17.1 Å². The van der Waals surface area contributed by atoms with Crippen molar-refractivity contribution < 1.29 is 14.0 Å². The normalized spacial score (nSPS) is 13.9. The van der Waals surface area contributed by atoms with Crippen LogP contribution in [0.15, 0.2) is 59.8 Å². The topological polar surface area (TPSA) is 68.1 Å². The third-order valence-electron chi connectivity index (χ3n) is 4.45. The van der Waals surface area contributed by atoms with Gasteiger partial charge in [-0.3, -0.25) is 19.1 Å². The van der Waals surface area contributed by atoms with Crippen LogP contribution in [-0.2, 0) is 9.59 Å². The second kappa shape index (κ2) is 7.93. The molecule has 2 aromatic carbocycles. The van der Waals surface area contributed by atoms with Crippen molar-refractivity contribution in [3.63, 3.8) is 0 Å². The highest BCUT2D eigenvalue weighted by atomic mass is 32.2. The van der Waals surface area contributed by atoms with E-state index in [1.54, 1.807) is 16.7 Å². The average Bonchev–Trinajstić information content (AvgIpc) is 3.34. The molecular formula is C20H17FN4O2S. The zero-order valence-electron chi connectivity index (χ0n) is 14.9. The molecule has 1 fully saturated rings. The van der Waals surface area contributed by atoms with Crippen LogP contribution in [-0.4, -0.2) is 43.8 Å². The number of carbonyl (C=O) groups is 2. The predicted molar refractivity (Wildman–Crippen MR) is 103 cm³/mol. The van der Waals surface area contributed by atoms with Gasteiger partial charge < -0.3 is 0 Å². The zero-order chi connectivity index (χ0) is 19.5. The van der Waals surface area contributed by atoms with Gasteiger partial charge in [0.1, 0.15) is 5.82 Å². The molecule has 0 bridgehead atoms. The molecule has 6 nitrogen and oxygen atoms in total. The summed E-state index contributed by atoms with van der Waals surface area (Å²) in [4.78, 5) is 25.4. The number of halogens is 1. The number of nitrogens with zero attached hydrogens (tertiary/aromatic N) is 4. The summed E-state index contributed by atoms with van der Waals surface area (Å²) in [7, 11) is 0. The van der Waals surface area contributed by atoms with Gasteiger partial charge in [0.2, 0.25) is 11.8 Å². The van der Waals surface area contributed by atoms with Gasteiger partial charge in [-0.05, 0) is 30.7 Å². The number of thioether (sulfide) groups is 1. The highest BCUT2D eigenvalue weighted by Crippen LogP contribution is 2.28. The molecule has 1 aliphatic heterocycles. The van der Waals surface area contributed by atoms with Crippen LogP contribution in [0.2, 0.25) is 0 Å². The molecule has 1 saturated heterocycles. The first-order valence-corrected chi connectivity index (χ1v) is 9.85. The fourth-order valence-electron chi connectivity index (χ4n) is 3.08. The third kappa shape index (κ3) is 3.68. The van der Waals surface area contributed by atoms with Gasteiger partial charge in [-0.25, -0.2) is 4.39 Å². The van der Waals surface area contributed by atoms with Crippen LogP contribution in [0.3, 0.4) is 0 Å². The Labute approximate surface area is 165 Å². The Morgan fingerprint density at radius 2 is 1.82 bits per heavy atom. The van der Waals surface area contributed by atoms with Crippen LogP contribution in [0.4, 0.5) is 4.39 Å². The van der Waals surface area contributed by atoms with Crippen LogP contribution in [0.1, 0.15) is 12.8 Å². The maximum Gasteiger partial charge on any atom is 0.239 e. The van der Waals surface area contributed by atoms with E-state index in [4.69, 9.17) is 0 Å². The van der Waals surface area contributed by atoms with Crippen LogP contribution in [0.5, 0.6) is 0 Å². The van der Waals surface area contributed by atoms with E-state index in [1.165, 1.54) is 28.8 Å². The summed E-state index contributed by atoms with van der Waals surface area (Å²) >= 11 is 1.21. The number of amides is 2. The molecule has 4 rings (SSSR count). The van der Waals surface area contributed by atoms with Crippen molar-refractivity contribution in [3.05, 3.63) is 60.4 Å². The van der Waals surface area contributed by atoms with Crippen molar-refractivity contribution in [2.45, 2.75) is 18.0 Å². The fraction of sp³-hybridized carbons (Fsp3) is 0.200. The minimum Gasteiger partial charge on any atom is -0.282 e. The number of aromatic nitrogens is 3. The smallest absolute Gasteiger partial charge is 0.239 e. The fourth-order valence-corrected chi connectivity index (χ4v) is 3.90. The van der Waals surface area contributed by atoms with Gasteiger partial charge in [0.25, 0.3) is 0 Å². The van der Waals surface area contributed by atoms with Gasteiger partial charge in [0.05, 0.1) is 5.75 Å². The van der Waals surface area contributed by atoms with E-state index in [0.29, 0.717) is 36.1 Å². The molecule has 28 heavy (non-hydrogen) atoms.